The van der Waals surface area contributed by atoms with E-state index in [1.165, 1.54) is 30.1 Å². The monoisotopic (exact) mass is 315 g/mol. The van der Waals surface area contributed by atoms with Gasteiger partial charge in [-0.1, -0.05) is 31.2 Å². The molecule has 0 aliphatic carbocycles. The van der Waals surface area contributed by atoms with Gasteiger partial charge in [0.2, 0.25) is 5.91 Å². The van der Waals surface area contributed by atoms with Crippen LogP contribution in [0.5, 0.6) is 0 Å². The number of benzene rings is 1. The van der Waals surface area contributed by atoms with Gasteiger partial charge in [0.1, 0.15) is 4.88 Å². The van der Waals surface area contributed by atoms with Gasteiger partial charge in [-0.25, -0.2) is 4.79 Å². The Labute approximate surface area is 133 Å². The summed E-state index contributed by atoms with van der Waals surface area (Å²) in [6, 6.07) is 11.3. The molecule has 4 nitrogen and oxygen atoms in total. The second-order valence-corrected chi connectivity index (χ2v) is 5.66. The van der Waals surface area contributed by atoms with Crippen molar-refractivity contribution in [3.63, 3.8) is 0 Å². The third-order valence-electron chi connectivity index (χ3n) is 3.05. The van der Waals surface area contributed by atoms with Gasteiger partial charge in [-0.15, -0.1) is 11.3 Å². The standard InChI is InChI=1S/C17H17NO3S/c1-3-12-4-6-13(7-5-12)8-10-15(19)18-16-11-9-14(22-16)17(20)21-2/h4-11H,3H2,1-2H3,(H,18,19)/b10-8+. The van der Waals surface area contributed by atoms with Crippen molar-refractivity contribution in [1.29, 1.82) is 0 Å². The summed E-state index contributed by atoms with van der Waals surface area (Å²) in [5.41, 5.74) is 2.23. The lowest BCUT2D eigenvalue weighted by atomic mass is 10.1. The minimum atomic E-state index is -0.406. The largest absolute Gasteiger partial charge is 0.465 e. The second kappa shape index (κ2) is 7.56. The molecule has 0 bridgehead atoms. The highest BCUT2D eigenvalue weighted by Crippen LogP contribution is 2.22. The Bertz CT molecular complexity index is 686. The number of ether oxygens (including phenoxy) is 1. The molecule has 0 saturated carbocycles. The van der Waals surface area contributed by atoms with E-state index in [-0.39, 0.29) is 5.91 Å². The van der Waals surface area contributed by atoms with Crippen molar-refractivity contribution in [3.05, 3.63) is 58.5 Å². The number of anilines is 1. The first-order valence-electron chi connectivity index (χ1n) is 6.88. The van der Waals surface area contributed by atoms with Crippen LogP contribution in [-0.2, 0) is 16.0 Å². The van der Waals surface area contributed by atoms with Crippen molar-refractivity contribution in [2.45, 2.75) is 13.3 Å². The van der Waals surface area contributed by atoms with Crippen LogP contribution in [0, 0.1) is 0 Å². The first kappa shape index (κ1) is 16.0. The van der Waals surface area contributed by atoms with Crippen LogP contribution in [0.4, 0.5) is 5.00 Å². The highest BCUT2D eigenvalue weighted by molar-refractivity contribution is 7.18. The lowest BCUT2D eigenvalue weighted by molar-refractivity contribution is -0.111. The molecule has 1 aromatic carbocycles. The van der Waals surface area contributed by atoms with Crippen molar-refractivity contribution in [1.82, 2.24) is 0 Å². The molecule has 0 spiro atoms. The number of hydrogen-bond donors (Lipinski definition) is 1. The molecule has 1 aromatic heterocycles. The highest BCUT2D eigenvalue weighted by atomic mass is 32.1. The third-order valence-corrected chi connectivity index (χ3v) is 4.03. The summed E-state index contributed by atoms with van der Waals surface area (Å²) in [5.74, 6) is -0.644. The summed E-state index contributed by atoms with van der Waals surface area (Å²) in [6.45, 7) is 2.10. The van der Waals surface area contributed by atoms with Crippen molar-refractivity contribution >= 4 is 34.3 Å². The summed E-state index contributed by atoms with van der Waals surface area (Å²) >= 11 is 1.18. The number of thiophene rings is 1. The maximum Gasteiger partial charge on any atom is 0.348 e. The van der Waals surface area contributed by atoms with Crippen molar-refractivity contribution in [3.8, 4) is 0 Å². The van der Waals surface area contributed by atoms with Crippen LogP contribution >= 0.6 is 11.3 Å². The molecule has 1 N–H and O–H groups in total. The van der Waals surface area contributed by atoms with Gasteiger partial charge >= 0.3 is 5.97 Å². The maximum absolute atomic E-state index is 11.9. The van der Waals surface area contributed by atoms with Crippen LogP contribution in [0.1, 0.15) is 27.7 Å². The number of methoxy groups -OCH3 is 1. The Hall–Kier alpha value is -2.40. The van der Waals surface area contributed by atoms with Crippen LogP contribution in [0.25, 0.3) is 6.08 Å². The van der Waals surface area contributed by atoms with Gasteiger partial charge in [0, 0.05) is 6.08 Å². The minimum absolute atomic E-state index is 0.238. The van der Waals surface area contributed by atoms with Gasteiger partial charge in [-0.3, -0.25) is 4.79 Å². The Morgan fingerprint density at radius 3 is 2.55 bits per heavy atom. The molecule has 1 amide bonds. The summed E-state index contributed by atoms with van der Waals surface area (Å²) < 4.78 is 4.62. The van der Waals surface area contributed by atoms with E-state index >= 15 is 0 Å². The van der Waals surface area contributed by atoms with E-state index in [0.717, 1.165) is 12.0 Å². The minimum Gasteiger partial charge on any atom is -0.465 e. The number of nitrogens with one attached hydrogen (secondary N) is 1. The SMILES string of the molecule is CCc1ccc(/C=C/C(=O)Nc2ccc(C(=O)OC)s2)cc1. The van der Waals surface area contributed by atoms with Gasteiger partial charge in [-0.05, 0) is 35.8 Å². The van der Waals surface area contributed by atoms with E-state index in [4.69, 9.17) is 0 Å². The van der Waals surface area contributed by atoms with E-state index in [1.54, 1.807) is 18.2 Å². The fourth-order valence-electron chi connectivity index (χ4n) is 1.81. The molecule has 5 heteroatoms. The lowest BCUT2D eigenvalue weighted by Gasteiger charge is -1.99. The topological polar surface area (TPSA) is 55.4 Å². The van der Waals surface area contributed by atoms with E-state index in [9.17, 15) is 9.59 Å². The average molecular weight is 315 g/mol. The predicted octanol–water partition coefficient (Wildman–Crippen LogP) is 3.75. The molecule has 0 saturated heterocycles. The molecule has 0 aliphatic heterocycles. The van der Waals surface area contributed by atoms with Gasteiger partial charge in [-0.2, -0.15) is 0 Å². The molecule has 2 aromatic rings. The highest BCUT2D eigenvalue weighted by Gasteiger charge is 2.09. The van der Waals surface area contributed by atoms with Crippen LogP contribution in [0.15, 0.2) is 42.5 Å². The normalized spacial score (nSPS) is 10.6. The number of carbonyl (C=O) groups excluding carboxylic acids is 2. The van der Waals surface area contributed by atoms with Crippen LogP contribution in [0.2, 0.25) is 0 Å². The maximum atomic E-state index is 11.9. The molecular formula is C17H17NO3S. The fourth-order valence-corrected chi connectivity index (χ4v) is 2.64. The van der Waals surface area contributed by atoms with E-state index in [2.05, 4.69) is 17.0 Å². The smallest absolute Gasteiger partial charge is 0.348 e. The zero-order chi connectivity index (χ0) is 15.9. The molecule has 0 unspecified atom stereocenters. The van der Waals surface area contributed by atoms with E-state index in [0.29, 0.717) is 9.88 Å². The Balaban J connectivity index is 1.95. The fraction of sp³-hybridized carbons (Fsp3) is 0.176. The molecule has 22 heavy (non-hydrogen) atoms. The molecule has 114 valence electrons. The number of rotatable bonds is 5. The number of hydrogen-bond acceptors (Lipinski definition) is 4. The summed E-state index contributed by atoms with van der Waals surface area (Å²) in [6.07, 6.45) is 4.22. The summed E-state index contributed by atoms with van der Waals surface area (Å²) in [4.78, 5) is 23.6. The predicted molar refractivity (Wildman–Crippen MR) is 89.1 cm³/mol. The number of esters is 1. The molecule has 0 fully saturated rings. The Morgan fingerprint density at radius 2 is 1.91 bits per heavy atom. The zero-order valence-corrected chi connectivity index (χ0v) is 13.3. The average Bonchev–Trinajstić information content (AvgIpc) is 3.01. The van der Waals surface area contributed by atoms with Crippen LogP contribution < -0.4 is 5.32 Å². The molecule has 2 rings (SSSR count). The van der Waals surface area contributed by atoms with Crippen LogP contribution in [0.3, 0.4) is 0 Å². The Kier molecular flexibility index (Phi) is 5.49. The van der Waals surface area contributed by atoms with Gasteiger partial charge < -0.3 is 10.1 Å². The van der Waals surface area contributed by atoms with E-state index < -0.39 is 5.97 Å². The summed E-state index contributed by atoms with van der Waals surface area (Å²) in [7, 11) is 1.33. The first-order valence-corrected chi connectivity index (χ1v) is 7.70. The molecule has 0 atom stereocenters. The van der Waals surface area contributed by atoms with Crippen molar-refractivity contribution < 1.29 is 14.3 Å². The number of amides is 1. The number of carbonyl (C=O) groups is 2. The zero-order valence-electron chi connectivity index (χ0n) is 12.5. The third kappa shape index (κ3) is 4.30. The number of aryl methyl sites for hydroxylation is 1. The molecular weight excluding hydrogens is 298 g/mol. The van der Waals surface area contributed by atoms with E-state index in [1.807, 2.05) is 24.3 Å². The van der Waals surface area contributed by atoms with Gasteiger partial charge in [0.05, 0.1) is 12.1 Å². The van der Waals surface area contributed by atoms with Crippen molar-refractivity contribution in [2.75, 3.05) is 12.4 Å². The van der Waals surface area contributed by atoms with Crippen molar-refractivity contribution in [2.24, 2.45) is 0 Å². The summed E-state index contributed by atoms with van der Waals surface area (Å²) in [5, 5.41) is 3.33. The molecule has 0 radical (unpaired) electrons. The molecule has 0 aliphatic rings. The van der Waals surface area contributed by atoms with Crippen LogP contribution in [-0.4, -0.2) is 19.0 Å². The lowest BCUT2D eigenvalue weighted by Crippen LogP contribution is -2.06. The molecule has 1 heterocycles. The quantitative estimate of drug-likeness (QED) is 0.675. The Morgan fingerprint density at radius 1 is 1.18 bits per heavy atom. The second-order valence-electron chi connectivity index (χ2n) is 4.57. The first-order chi connectivity index (χ1) is 10.6. The van der Waals surface area contributed by atoms with Gasteiger partial charge in [0.25, 0.3) is 0 Å². The van der Waals surface area contributed by atoms with Gasteiger partial charge in [0.15, 0.2) is 0 Å².